The van der Waals surface area contributed by atoms with E-state index in [1.54, 1.807) is 12.1 Å². The summed E-state index contributed by atoms with van der Waals surface area (Å²) in [4.78, 5) is 0. The zero-order chi connectivity index (χ0) is 19.3. The van der Waals surface area contributed by atoms with E-state index in [1.165, 1.54) is 22.3 Å². The summed E-state index contributed by atoms with van der Waals surface area (Å²) in [6.45, 7) is 0. The molecule has 0 aliphatic heterocycles. The van der Waals surface area contributed by atoms with Gasteiger partial charge in [0.1, 0.15) is 17.6 Å². The molecule has 28 heavy (non-hydrogen) atoms. The number of hydrogen-bond acceptors (Lipinski definition) is 1. The summed E-state index contributed by atoms with van der Waals surface area (Å²) < 4.78 is 10.3. The molecule has 0 amide bonds. The Morgan fingerprint density at radius 2 is 1.14 bits per heavy atom. The molecule has 2 aliphatic carbocycles. The van der Waals surface area contributed by atoms with Crippen molar-refractivity contribution in [2.45, 2.75) is 7.25 Å². The average Bonchev–Trinajstić information content (AvgIpc) is 3.39. The quantitative estimate of drug-likeness (QED) is 0.415. The van der Waals surface area contributed by atoms with Gasteiger partial charge in [-0.25, -0.2) is 0 Å². The van der Waals surface area contributed by atoms with E-state index in [2.05, 4.69) is 77.1 Å². The van der Waals surface area contributed by atoms with Crippen molar-refractivity contribution >= 4 is 28.2 Å². The molecule has 3 aromatic carbocycles. The summed E-state index contributed by atoms with van der Waals surface area (Å²) in [5.41, 5.74) is 5.81. The summed E-state index contributed by atoms with van der Waals surface area (Å²) in [5, 5.41) is 0. The Hall–Kier alpha value is -2.02. The first-order valence-corrected chi connectivity index (χ1v) is 14.2. The molecule has 0 heterocycles. The predicted molar refractivity (Wildman–Crippen MR) is 116 cm³/mol. The maximum absolute atomic E-state index is 5.03. The van der Waals surface area contributed by atoms with Crippen molar-refractivity contribution in [2.75, 3.05) is 0 Å². The summed E-state index contributed by atoms with van der Waals surface area (Å²) in [6, 6.07) is 26.8. The van der Waals surface area contributed by atoms with Crippen LogP contribution in [0.15, 0.2) is 91.0 Å². The second-order valence-corrected chi connectivity index (χ2v) is 12.9. The van der Waals surface area contributed by atoms with Gasteiger partial charge in [0.25, 0.3) is 0 Å². The van der Waals surface area contributed by atoms with Crippen LogP contribution in [0.25, 0.3) is 12.2 Å². The zero-order valence-electron chi connectivity index (χ0n) is 15.5. The zero-order valence-corrected chi connectivity index (χ0v) is 18.7. The fraction of sp³-hybridized carbons (Fsp3) is 0.0800. The van der Waals surface area contributed by atoms with Crippen LogP contribution >= 0.6 is 11.9 Å². The van der Waals surface area contributed by atoms with Crippen molar-refractivity contribution in [2.24, 2.45) is 0 Å². The topological polar surface area (TPSA) is 9.23 Å². The van der Waals surface area contributed by atoms with E-state index in [9.17, 15) is 0 Å². The first-order chi connectivity index (χ1) is 13.8. The molecule has 3 heteroatoms. The molecule has 0 bridgehead atoms. The Morgan fingerprint density at radius 3 is 1.61 bits per heavy atom. The van der Waals surface area contributed by atoms with Crippen LogP contribution in [0.3, 0.4) is 0 Å². The van der Waals surface area contributed by atoms with E-state index in [0.717, 1.165) is 0 Å². The fourth-order valence-corrected chi connectivity index (χ4v) is 9.81. The van der Waals surface area contributed by atoms with Crippen molar-refractivity contribution in [3.8, 4) is 5.75 Å². The Kier molecular flexibility index (Phi) is 6.20. The van der Waals surface area contributed by atoms with Crippen LogP contribution in [-0.4, -0.2) is 4.21 Å². The van der Waals surface area contributed by atoms with Gasteiger partial charge >= 0.3 is 128 Å². The van der Waals surface area contributed by atoms with Crippen LogP contribution in [0.1, 0.15) is 29.5 Å². The van der Waals surface area contributed by atoms with Crippen LogP contribution in [0.5, 0.6) is 5.75 Å². The van der Waals surface area contributed by atoms with E-state index in [-0.39, 0.29) is 0 Å². The molecule has 0 radical (unpaired) electrons. The molecule has 138 valence electrons. The molecule has 1 nitrogen and oxygen atoms in total. The van der Waals surface area contributed by atoms with Crippen molar-refractivity contribution in [3.05, 3.63) is 113 Å². The van der Waals surface area contributed by atoms with Gasteiger partial charge < -0.3 is 4.29 Å². The SMILES string of the molecule is ClOc1ccccc1.[CH2]=[Zr]([CH]1C=Cc2ccccc21)[CH]1C=Cc2ccccc21. The van der Waals surface area contributed by atoms with Crippen LogP contribution in [0.4, 0.5) is 0 Å². The number of benzene rings is 3. The molecular weight excluding hydrogens is 443 g/mol. The molecule has 0 aromatic heterocycles. The van der Waals surface area contributed by atoms with Gasteiger partial charge in [0.2, 0.25) is 0 Å². The first-order valence-electron chi connectivity index (χ1n) is 9.34. The predicted octanol–water partition coefficient (Wildman–Crippen LogP) is 6.79. The van der Waals surface area contributed by atoms with E-state index in [0.29, 0.717) is 13.0 Å². The second kappa shape index (κ2) is 8.99. The molecule has 0 spiro atoms. The summed E-state index contributed by atoms with van der Waals surface area (Å²) in [5.74, 6) is 0.675. The van der Waals surface area contributed by atoms with Crippen molar-refractivity contribution in [1.82, 2.24) is 0 Å². The molecule has 0 saturated carbocycles. The molecule has 3 aromatic rings. The Balaban J connectivity index is 0.000000203. The van der Waals surface area contributed by atoms with Crippen LogP contribution in [0, 0.1) is 0 Å². The van der Waals surface area contributed by atoms with Crippen molar-refractivity contribution < 1.29 is 25.6 Å². The van der Waals surface area contributed by atoms with Gasteiger partial charge in [-0.3, -0.25) is 0 Å². The average molecular weight is 464 g/mol. The Bertz CT molecular complexity index is 976. The number of hydrogen-bond donors (Lipinski definition) is 0. The third-order valence-corrected chi connectivity index (χ3v) is 11.8. The monoisotopic (exact) mass is 462 g/mol. The Morgan fingerprint density at radius 1 is 0.679 bits per heavy atom. The number of para-hydroxylation sites is 1. The van der Waals surface area contributed by atoms with E-state index in [4.69, 9.17) is 16.1 Å². The first kappa shape index (κ1) is 19.3. The molecule has 0 N–H and O–H groups in total. The summed E-state index contributed by atoms with van der Waals surface area (Å²) >= 11 is 3.18. The maximum atomic E-state index is 5.03. The number of fused-ring (bicyclic) bond motifs is 2. The van der Waals surface area contributed by atoms with E-state index < -0.39 is 21.3 Å². The molecule has 0 saturated heterocycles. The van der Waals surface area contributed by atoms with Crippen LogP contribution < -0.4 is 4.29 Å². The summed E-state index contributed by atoms with van der Waals surface area (Å²) in [6.07, 6.45) is 9.38. The van der Waals surface area contributed by atoms with Crippen molar-refractivity contribution in [1.29, 1.82) is 0 Å². The normalized spacial score (nSPS) is 18.0. The van der Waals surface area contributed by atoms with Gasteiger partial charge in [-0.05, 0) is 12.1 Å². The van der Waals surface area contributed by atoms with Gasteiger partial charge in [-0.2, -0.15) is 0 Å². The Labute approximate surface area is 179 Å². The van der Waals surface area contributed by atoms with E-state index >= 15 is 0 Å². The van der Waals surface area contributed by atoms with Crippen LogP contribution in [0.2, 0.25) is 0 Å². The molecule has 2 atom stereocenters. The minimum atomic E-state index is -1.85. The van der Waals surface area contributed by atoms with Gasteiger partial charge in [0.05, 0.1) is 0 Å². The van der Waals surface area contributed by atoms with Crippen molar-refractivity contribution in [3.63, 3.8) is 0 Å². The number of allylic oxidation sites excluding steroid dienone is 2. The van der Waals surface area contributed by atoms with Gasteiger partial charge in [0.15, 0.2) is 0 Å². The molecule has 5 rings (SSSR count). The second-order valence-electron chi connectivity index (χ2n) is 6.90. The van der Waals surface area contributed by atoms with Gasteiger partial charge in [-0.15, -0.1) is 0 Å². The minimum absolute atomic E-state index is 0.620. The van der Waals surface area contributed by atoms with Gasteiger partial charge in [-0.1, -0.05) is 18.2 Å². The third kappa shape index (κ3) is 4.04. The van der Waals surface area contributed by atoms with Crippen LogP contribution in [-0.2, 0) is 21.3 Å². The summed E-state index contributed by atoms with van der Waals surface area (Å²) in [7, 11) is 0. The molecule has 2 unspecified atom stereocenters. The fourth-order valence-electron chi connectivity index (χ4n) is 3.81. The van der Waals surface area contributed by atoms with E-state index in [1.807, 2.05) is 18.2 Å². The number of halogens is 1. The molecule has 2 aliphatic rings. The molecular formula is C25H21ClOZr. The molecule has 0 fully saturated rings. The van der Waals surface area contributed by atoms with Gasteiger partial charge in [0, 0.05) is 0 Å². The number of rotatable bonds is 3. The third-order valence-electron chi connectivity index (χ3n) is 5.23. The standard InChI is InChI=1S/2C9H7.C6H5ClO.CH2.Zr/c2*1-2-5-9-7-3-6-8(9)4-1;7-8-6-4-2-1-3-5-6;;/h2*1-7H;1-5H;1H2;.